The number of carbonyl (C=O) groups excluding carboxylic acids is 1. The predicted molar refractivity (Wildman–Crippen MR) is 78.0 cm³/mol. The van der Waals surface area contributed by atoms with E-state index in [9.17, 15) is 4.79 Å². The number of anilines is 1. The molecule has 2 N–H and O–H groups in total. The topological polar surface area (TPSA) is 50.4 Å². The van der Waals surface area contributed by atoms with Crippen LogP contribution in [-0.2, 0) is 4.84 Å². The van der Waals surface area contributed by atoms with Crippen molar-refractivity contribution in [2.24, 2.45) is 0 Å². The van der Waals surface area contributed by atoms with Crippen molar-refractivity contribution in [3.8, 4) is 0 Å². The molecule has 4 heteroatoms. The second kappa shape index (κ2) is 9.39. The molecule has 4 nitrogen and oxygen atoms in total. The van der Waals surface area contributed by atoms with Crippen LogP contribution in [-0.4, -0.2) is 12.6 Å². The molecule has 0 aromatic heterocycles. The molecule has 0 bridgehead atoms. The molecule has 0 fully saturated rings. The fourth-order valence-corrected chi connectivity index (χ4v) is 1.76. The first-order valence-corrected chi connectivity index (χ1v) is 6.98. The Morgan fingerprint density at radius 1 is 1.16 bits per heavy atom. The molecule has 0 unspecified atom stereocenters. The van der Waals surface area contributed by atoms with E-state index in [1.54, 1.807) is 0 Å². The van der Waals surface area contributed by atoms with E-state index in [1.807, 2.05) is 31.2 Å². The first-order chi connectivity index (χ1) is 9.24. The summed E-state index contributed by atoms with van der Waals surface area (Å²) in [5.41, 5.74) is 4.22. The van der Waals surface area contributed by atoms with Crippen LogP contribution in [0.25, 0.3) is 0 Å². The van der Waals surface area contributed by atoms with Crippen molar-refractivity contribution < 1.29 is 9.63 Å². The van der Waals surface area contributed by atoms with Crippen LogP contribution < -0.4 is 10.8 Å². The molecule has 1 aromatic carbocycles. The van der Waals surface area contributed by atoms with E-state index in [4.69, 9.17) is 4.84 Å². The van der Waals surface area contributed by atoms with Gasteiger partial charge in [-0.05, 0) is 25.0 Å². The van der Waals surface area contributed by atoms with Crippen molar-refractivity contribution in [2.45, 2.75) is 46.0 Å². The van der Waals surface area contributed by atoms with Gasteiger partial charge in [-0.2, -0.15) is 0 Å². The molecule has 1 rings (SSSR count). The minimum absolute atomic E-state index is 0.331. The third-order valence-electron chi connectivity index (χ3n) is 2.91. The standard InChI is InChI=1S/C15H24N2O2/c1-3-4-5-6-9-12-19-17-15(18)16-14-11-8-7-10-13(14)2/h7-8,10-11H,3-6,9,12H2,1-2H3,(H2,16,17,18). The van der Waals surface area contributed by atoms with Gasteiger partial charge < -0.3 is 5.32 Å². The van der Waals surface area contributed by atoms with E-state index in [0.717, 1.165) is 24.1 Å². The zero-order chi connectivity index (χ0) is 13.9. The number of unbranched alkanes of at least 4 members (excludes halogenated alkanes) is 4. The second-order valence-electron chi connectivity index (χ2n) is 4.63. The highest BCUT2D eigenvalue weighted by molar-refractivity contribution is 5.89. The number of hydrogen-bond acceptors (Lipinski definition) is 2. The lowest BCUT2D eigenvalue weighted by atomic mass is 10.2. The number of nitrogens with one attached hydrogen (secondary N) is 2. The number of carbonyl (C=O) groups is 1. The molecule has 0 saturated carbocycles. The second-order valence-corrected chi connectivity index (χ2v) is 4.63. The Morgan fingerprint density at radius 3 is 2.63 bits per heavy atom. The largest absolute Gasteiger partial charge is 0.343 e. The van der Waals surface area contributed by atoms with Gasteiger partial charge in [-0.25, -0.2) is 10.3 Å². The summed E-state index contributed by atoms with van der Waals surface area (Å²) in [4.78, 5) is 16.7. The third kappa shape index (κ3) is 6.82. The molecule has 0 aliphatic rings. The molecule has 0 heterocycles. The highest BCUT2D eigenvalue weighted by Gasteiger charge is 2.02. The van der Waals surface area contributed by atoms with Gasteiger partial charge in [0.2, 0.25) is 0 Å². The predicted octanol–water partition coefficient (Wildman–Crippen LogP) is 4.02. The molecule has 0 radical (unpaired) electrons. The first-order valence-electron chi connectivity index (χ1n) is 6.98. The Hall–Kier alpha value is -1.55. The molecule has 1 aromatic rings. The fraction of sp³-hybridized carbons (Fsp3) is 0.533. The summed E-state index contributed by atoms with van der Waals surface area (Å²) < 4.78 is 0. The maximum Gasteiger partial charge on any atom is 0.343 e. The molecule has 0 saturated heterocycles. The lowest BCUT2D eigenvalue weighted by Crippen LogP contribution is -2.29. The van der Waals surface area contributed by atoms with Crippen LogP contribution in [0.3, 0.4) is 0 Å². The fourth-order valence-electron chi connectivity index (χ4n) is 1.76. The molecule has 19 heavy (non-hydrogen) atoms. The van der Waals surface area contributed by atoms with E-state index in [0.29, 0.717) is 6.61 Å². The van der Waals surface area contributed by atoms with Gasteiger partial charge in [0, 0.05) is 5.69 Å². The summed E-state index contributed by atoms with van der Waals surface area (Å²) in [5.74, 6) is 0. The molecule has 0 spiro atoms. The molecule has 106 valence electrons. The lowest BCUT2D eigenvalue weighted by Gasteiger charge is -2.09. The van der Waals surface area contributed by atoms with E-state index < -0.39 is 0 Å². The summed E-state index contributed by atoms with van der Waals surface area (Å²) in [5, 5.41) is 2.75. The first kappa shape index (κ1) is 15.5. The van der Waals surface area contributed by atoms with Crippen molar-refractivity contribution in [3.05, 3.63) is 29.8 Å². The normalized spacial score (nSPS) is 10.2. The Kier molecular flexibility index (Phi) is 7.66. The summed E-state index contributed by atoms with van der Waals surface area (Å²) in [6, 6.07) is 7.30. The van der Waals surface area contributed by atoms with Crippen LogP contribution in [0.1, 0.15) is 44.6 Å². The number of urea groups is 1. The Bertz CT molecular complexity index is 380. The molecule has 0 aliphatic carbocycles. The number of hydrogen-bond donors (Lipinski definition) is 2. The van der Waals surface area contributed by atoms with Crippen molar-refractivity contribution in [2.75, 3.05) is 11.9 Å². The van der Waals surface area contributed by atoms with Gasteiger partial charge in [0.1, 0.15) is 0 Å². The van der Waals surface area contributed by atoms with Gasteiger partial charge in [-0.1, -0.05) is 50.8 Å². The number of aryl methyl sites for hydroxylation is 1. The summed E-state index contributed by atoms with van der Waals surface area (Å²) in [6.45, 7) is 4.70. The van der Waals surface area contributed by atoms with Gasteiger partial charge in [-0.3, -0.25) is 4.84 Å². The quantitative estimate of drug-likeness (QED) is 0.550. The summed E-state index contributed by atoms with van der Waals surface area (Å²) in [7, 11) is 0. The smallest absolute Gasteiger partial charge is 0.306 e. The highest BCUT2D eigenvalue weighted by Crippen LogP contribution is 2.12. The van der Waals surface area contributed by atoms with E-state index in [1.165, 1.54) is 19.3 Å². The Labute approximate surface area is 115 Å². The Balaban J connectivity index is 2.10. The maximum absolute atomic E-state index is 11.6. The molecular weight excluding hydrogens is 240 g/mol. The van der Waals surface area contributed by atoms with Gasteiger partial charge in [0.15, 0.2) is 0 Å². The van der Waals surface area contributed by atoms with Gasteiger partial charge in [0.25, 0.3) is 0 Å². The van der Waals surface area contributed by atoms with Crippen LogP contribution in [0.5, 0.6) is 0 Å². The SMILES string of the molecule is CCCCCCCONC(=O)Nc1ccccc1C. The van der Waals surface area contributed by atoms with Crippen LogP contribution in [0.2, 0.25) is 0 Å². The van der Waals surface area contributed by atoms with E-state index in [-0.39, 0.29) is 6.03 Å². The lowest BCUT2D eigenvalue weighted by molar-refractivity contribution is 0.0631. The average molecular weight is 264 g/mol. The van der Waals surface area contributed by atoms with Crippen molar-refractivity contribution in [1.82, 2.24) is 5.48 Å². The monoisotopic (exact) mass is 264 g/mol. The number of rotatable bonds is 8. The van der Waals surface area contributed by atoms with E-state index >= 15 is 0 Å². The Morgan fingerprint density at radius 2 is 1.89 bits per heavy atom. The summed E-state index contributed by atoms with van der Waals surface area (Å²) in [6.07, 6.45) is 5.86. The van der Waals surface area contributed by atoms with Crippen LogP contribution in [0.4, 0.5) is 10.5 Å². The van der Waals surface area contributed by atoms with Crippen LogP contribution in [0.15, 0.2) is 24.3 Å². The van der Waals surface area contributed by atoms with Crippen molar-refractivity contribution >= 4 is 11.7 Å². The molecular formula is C15H24N2O2. The number of para-hydroxylation sites is 1. The van der Waals surface area contributed by atoms with Gasteiger partial charge in [-0.15, -0.1) is 0 Å². The number of amides is 2. The zero-order valence-electron chi connectivity index (χ0n) is 11.9. The van der Waals surface area contributed by atoms with Crippen molar-refractivity contribution in [1.29, 1.82) is 0 Å². The van der Waals surface area contributed by atoms with Crippen molar-refractivity contribution in [3.63, 3.8) is 0 Å². The number of benzene rings is 1. The third-order valence-corrected chi connectivity index (χ3v) is 2.91. The molecule has 0 atom stereocenters. The van der Waals surface area contributed by atoms with E-state index in [2.05, 4.69) is 17.7 Å². The van der Waals surface area contributed by atoms with Gasteiger partial charge in [0.05, 0.1) is 6.61 Å². The maximum atomic E-state index is 11.6. The number of hydroxylamine groups is 1. The highest BCUT2D eigenvalue weighted by atomic mass is 16.7. The van der Waals surface area contributed by atoms with Gasteiger partial charge >= 0.3 is 6.03 Å². The molecule has 2 amide bonds. The average Bonchev–Trinajstić information content (AvgIpc) is 2.40. The molecule has 0 aliphatic heterocycles. The minimum Gasteiger partial charge on any atom is -0.306 e. The van der Waals surface area contributed by atoms with Crippen LogP contribution in [0, 0.1) is 6.92 Å². The van der Waals surface area contributed by atoms with Crippen LogP contribution >= 0.6 is 0 Å². The summed E-state index contributed by atoms with van der Waals surface area (Å²) >= 11 is 0. The zero-order valence-corrected chi connectivity index (χ0v) is 11.9. The minimum atomic E-state index is -0.331.